The summed E-state index contributed by atoms with van der Waals surface area (Å²) in [4.78, 5) is 14.0. The van der Waals surface area contributed by atoms with Gasteiger partial charge in [0, 0.05) is 13.1 Å². The molecular formula is C19H20FNO3. The van der Waals surface area contributed by atoms with E-state index in [1.54, 1.807) is 25.3 Å². The van der Waals surface area contributed by atoms with Crippen LogP contribution in [-0.4, -0.2) is 42.2 Å². The predicted molar refractivity (Wildman–Crippen MR) is 89.5 cm³/mol. The lowest BCUT2D eigenvalue weighted by atomic mass is 10.0. The highest BCUT2D eigenvalue weighted by Crippen LogP contribution is 2.25. The van der Waals surface area contributed by atoms with Gasteiger partial charge >= 0.3 is 0 Å². The Hall–Kier alpha value is -2.40. The fraction of sp³-hybridized carbons (Fsp3) is 0.316. The monoisotopic (exact) mass is 329 g/mol. The summed E-state index contributed by atoms with van der Waals surface area (Å²) >= 11 is 0. The number of amides is 1. The molecule has 1 amide bonds. The van der Waals surface area contributed by atoms with Crippen LogP contribution >= 0.6 is 0 Å². The average Bonchev–Trinajstić information content (AvgIpc) is 2.61. The number of hydrogen-bond acceptors (Lipinski definition) is 3. The van der Waals surface area contributed by atoms with Crippen molar-refractivity contribution in [3.05, 3.63) is 53.8 Å². The number of nitrogens with zero attached hydrogens (tertiary/aromatic N) is 1. The Bertz CT molecular complexity index is 730. The van der Waals surface area contributed by atoms with Crippen LogP contribution in [0.2, 0.25) is 0 Å². The summed E-state index contributed by atoms with van der Waals surface area (Å²) in [6.45, 7) is 0.814. The minimum atomic E-state index is -0.548. The van der Waals surface area contributed by atoms with E-state index in [2.05, 4.69) is 0 Å². The van der Waals surface area contributed by atoms with Crippen molar-refractivity contribution < 1.29 is 19.0 Å². The molecule has 0 radical (unpaired) electrons. The molecule has 0 aliphatic carbocycles. The molecule has 1 atom stereocenters. The third-order valence-corrected chi connectivity index (χ3v) is 4.31. The number of carbonyl (C=O) groups is 1. The average molecular weight is 329 g/mol. The summed E-state index contributed by atoms with van der Waals surface area (Å²) in [6, 6.07) is 11.9. The van der Waals surface area contributed by atoms with E-state index in [0.29, 0.717) is 18.5 Å². The number of halogens is 1. The number of hydrogen-bond donors (Lipinski definition) is 1. The van der Waals surface area contributed by atoms with Gasteiger partial charge in [-0.25, -0.2) is 4.39 Å². The Morgan fingerprint density at radius 3 is 2.54 bits per heavy atom. The molecule has 24 heavy (non-hydrogen) atoms. The molecular weight excluding hydrogens is 309 g/mol. The molecule has 0 unspecified atom stereocenters. The maximum Gasteiger partial charge on any atom is 0.256 e. The van der Waals surface area contributed by atoms with Crippen LogP contribution in [0.25, 0.3) is 11.1 Å². The third kappa shape index (κ3) is 3.41. The molecule has 0 aromatic heterocycles. The second-order valence-electron chi connectivity index (χ2n) is 5.97. The van der Waals surface area contributed by atoms with Crippen LogP contribution in [0.5, 0.6) is 5.75 Å². The second kappa shape index (κ2) is 7.01. The Labute approximate surface area is 140 Å². The first kappa shape index (κ1) is 16.5. The first-order chi connectivity index (χ1) is 11.6. The highest BCUT2D eigenvalue weighted by atomic mass is 19.1. The first-order valence-electron chi connectivity index (χ1n) is 8.00. The van der Waals surface area contributed by atoms with Gasteiger partial charge in [-0.1, -0.05) is 18.2 Å². The first-order valence-corrected chi connectivity index (χ1v) is 8.00. The van der Waals surface area contributed by atoms with Crippen LogP contribution in [0.1, 0.15) is 23.2 Å². The normalized spacial score (nSPS) is 17.6. The Morgan fingerprint density at radius 2 is 1.92 bits per heavy atom. The van der Waals surface area contributed by atoms with E-state index in [-0.39, 0.29) is 18.0 Å². The van der Waals surface area contributed by atoms with Gasteiger partial charge in [-0.3, -0.25) is 4.79 Å². The van der Waals surface area contributed by atoms with Gasteiger partial charge in [-0.05, 0) is 48.2 Å². The van der Waals surface area contributed by atoms with Crippen molar-refractivity contribution in [1.29, 1.82) is 0 Å². The summed E-state index contributed by atoms with van der Waals surface area (Å²) in [6.07, 6.45) is 0.894. The number of β-amino-alcohol motifs (C(OH)–C–C–N with tert-alkyl or cyclic N) is 1. The zero-order valence-corrected chi connectivity index (χ0v) is 13.5. The number of aliphatic hydroxyl groups is 1. The zero-order valence-electron chi connectivity index (χ0n) is 13.5. The predicted octanol–water partition coefficient (Wildman–Crippen LogP) is 3.10. The molecule has 3 rings (SSSR count). The minimum absolute atomic E-state index is 0.0429. The van der Waals surface area contributed by atoms with E-state index in [0.717, 1.165) is 17.7 Å². The summed E-state index contributed by atoms with van der Waals surface area (Å²) in [7, 11) is 1.59. The molecule has 1 saturated heterocycles. The SMILES string of the molecule is COc1ccc(-c2ccc(C(=O)N3CCC[C@H](O)C3)c(F)c2)cc1. The van der Waals surface area contributed by atoms with Gasteiger partial charge in [0.05, 0.1) is 18.8 Å². The molecule has 126 valence electrons. The van der Waals surface area contributed by atoms with Gasteiger partial charge in [0.2, 0.25) is 0 Å². The number of benzene rings is 2. The fourth-order valence-corrected chi connectivity index (χ4v) is 2.96. The van der Waals surface area contributed by atoms with Crippen LogP contribution in [0, 0.1) is 5.82 Å². The minimum Gasteiger partial charge on any atom is -0.497 e. The lowest BCUT2D eigenvalue weighted by Crippen LogP contribution is -2.42. The Kier molecular flexibility index (Phi) is 4.81. The highest BCUT2D eigenvalue weighted by Gasteiger charge is 2.25. The zero-order chi connectivity index (χ0) is 17.1. The van der Waals surface area contributed by atoms with Crippen LogP contribution in [0.3, 0.4) is 0 Å². The van der Waals surface area contributed by atoms with Gasteiger partial charge in [0.25, 0.3) is 5.91 Å². The van der Waals surface area contributed by atoms with Crippen molar-refractivity contribution in [2.45, 2.75) is 18.9 Å². The van der Waals surface area contributed by atoms with E-state index in [1.165, 1.54) is 17.0 Å². The molecule has 1 N–H and O–H groups in total. The Balaban J connectivity index is 1.82. The third-order valence-electron chi connectivity index (χ3n) is 4.31. The molecule has 5 heteroatoms. The van der Waals surface area contributed by atoms with Crippen LogP contribution in [0.4, 0.5) is 4.39 Å². The van der Waals surface area contributed by atoms with Crippen molar-refractivity contribution in [2.75, 3.05) is 20.2 Å². The molecule has 0 spiro atoms. The number of likely N-dealkylation sites (tertiary alicyclic amines) is 1. The number of aliphatic hydroxyl groups excluding tert-OH is 1. The van der Waals surface area contributed by atoms with Crippen molar-refractivity contribution in [3.8, 4) is 16.9 Å². The summed E-state index contributed by atoms with van der Waals surface area (Å²) in [5, 5.41) is 9.68. The molecule has 1 heterocycles. The number of methoxy groups -OCH3 is 1. The number of ether oxygens (including phenoxy) is 1. The van der Waals surface area contributed by atoms with Crippen LogP contribution < -0.4 is 4.74 Å². The smallest absolute Gasteiger partial charge is 0.256 e. The van der Waals surface area contributed by atoms with E-state index in [1.807, 2.05) is 12.1 Å². The molecule has 1 aliphatic rings. The summed E-state index contributed by atoms with van der Waals surface area (Å²) in [5.41, 5.74) is 1.59. The fourth-order valence-electron chi connectivity index (χ4n) is 2.96. The van der Waals surface area contributed by atoms with E-state index in [9.17, 15) is 14.3 Å². The van der Waals surface area contributed by atoms with E-state index in [4.69, 9.17) is 4.74 Å². The summed E-state index contributed by atoms with van der Waals surface area (Å²) < 4.78 is 19.6. The molecule has 1 aliphatic heterocycles. The Morgan fingerprint density at radius 1 is 1.21 bits per heavy atom. The van der Waals surface area contributed by atoms with Crippen molar-refractivity contribution in [1.82, 2.24) is 4.90 Å². The quantitative estimate of drug-likeness (QED) is 0.941. The highest BCUT2D eigenvalue weighted by molar-refractivity contribution is 5.95. The molecule has 1 fully saturated rings. The van der Waals surface area contributed by atoms with Gasteiger partial charge in [0.1, 0.15) is 11.6 Å². The van der Waals surface area contributed by atoms with Crippen LogP contribution in [0.15, 0.2) is 42.5 Å². The van der Waals surface area contributed by atoms with Gasteiger partial charge < -0.3 is 14.7 Å². The molecule has 2 aromatic carbocycles. The van der Waals surface area contributed by atoms with Crippen LogP contribution in [-0.2, 0) is 0 Å². The molecule has 0 bridgehead atoms. The van der Waals surface area contributed by atoms with Gasteiger partial charge in [-0.2, -0.15) is 0 Å². The number of piperidine rings is 1. The van der Waals surface area contributed by atoms with Gasteiger partial charge in [-0.15, -0.1) is 0 Å². The lowest BCUT2D eigenvalue weighted by molar-refractivity contribution is 0.0470. The van der Waals surface area contributed by atoms with Crippen molar-refractivity contribution in [2.24, 2.45) is 0 Å². The maximum absolute atomic E-state index is 14.4. The number of carbonyl (C=O) groups excluding carboxylic acids is 1. The maximum atomic E-state index is 14.4. The topological polar surface area (TPSA) is 49.8 Å². The number of rotatable bonds is 3. The van der Waals surface area contributed by atoms with Crippen molar-refractivity contribution in [3.63, 3.8) is 0 Å². The van der Waals surface area contributed by atoms with E-state index >= 15 is 0 Å². The lowest BCUT2D eigenvalue weighted by Gasteiger charge is -2.30. The van der Waals surface area contributed by atoms with Crippen molar-refractivity contribution >= 4 is 5.91 Å². The van der Waals surface area contributed by atoms with Gasteiger partial charge in [0.15, 0.2) is 0 Å². The molecule has 2 aromatic rings. The largest absolute Gasteiger partial charge is 0.497 e. The second-order valence-corrected chi connectivity index (χ2v) is 5.97. The molecule has 4 nitrogen and oxygen atoms in total. The van der Waals surface area contributed by atoms with E-state index < -0.39 is 11.9 Å². The standard InChI is InChI=1S/C19H20FNO3/c1-24-16-7-4-13(5-8-16)14-6-9-17(18(20)11-14)19(23)21-10-2-3-15(22)12-21/h4-9,11,15,22H,2-3,10,12H2,1H3/t15-/m0/s1. The molecule has 0 saturated carbocycles. The summed E-state index contributed by atoms with van der Waals surface area (Å²) in [5.74, 6) is -0.185.